The van der Waals surface area contributed by atoms with E-state index in [9.17, 15) is 9.50 Å². The second-order valence-electron chi connectivity index (χ2n) is 6.88. The van der Waals surface area contributed by atoms with Crippen molar-refractivity contribution in [3.63, 3.8) is 0 Å². The van der Waals surface area contributed by atoms with Crippen LogP contribution in [0.1, 0.15) is 25.0 Å². The minimum atomic E-state index is -0.938. The minimum Gasteiger partial charge on any atom is -0.507 e. The summed E-state index contributed by atoms with van der Waals surface area (Å²) in [7, 11) is 1.84. The van der Waals surface area contributed by atoms with Crippen LogP contribution in [0.25, 0.3) is 11.3 Å². The lowest BCUT2D eigenvalue weighted by Crippen LogP contribution is -2.55. The van der Waals surface area contributed by atoms with Gasteiger partial charge in [-0.25, -0.2) is 9.37 Å². The molecule has 8 heteroatoms. The Hall–Kier alpha value is -2.79. The fraction of sp³-hybridized carbons (Fsp3) is 0.444. The Bertz CT molecular complexity index is 852. The number of rotatable bonds is 3. The van der Waals surface area contributed by atoms with Crippen molar-refractivity contribution in [1.82, 2.24) is 20.5 Å². The SMILES string of the molecule is CN(c1ccc(-c2cnc(C#N)cc2O)nn1)[C@@H]1CC2CCC(N2)[C@@H]1F. The van der Waals surface area contributed by atoms with Gasteiger partial charge in [-0.2, -0.15) is 5.26 Å². The molecule has 2 aromatic rings. The number of fused-ring (bicyclic) bond motifs is 2. The second-order valence-corrected chi connectivity index (χ2v) is 6.88. The number of hydrogen-bond acceptors (Lipinski definition) is 7. The van der Waals surface area contributed by atoms with Crippen LogP contribution in [0.15, 0.2) is 24.4 Å². The van der Waals surface area contributed by atoms with E-state index in [0.29, 0.717) is 23.1 Å². The Kier molecular flexibility index (Phi) is 4.17. The summed E-state index contributed by atoms with van der Waals surface area (Å²) >= 11 is 0. The molecule has 0 radical (unpaired) electrons. The molecule has 0 saturated carbocycles. The average molecular weight is 354 g/mol. The number of alkyl halides is 1. The first kappa shape index (κ1) is 16.7. The summed E-state index contributed by atoms with van der Waals surface area (Å²) in [6.07, 6.45) is 3.10. The molecule has 0 spiro atoms. The molecule has 4 atom stereocenters. The first-order valence-electron chi connectivity index (χ1n) is 8.63. The van der Waals surface area contributed by atoms with Crippen LogP contribution in [0.4, 0.5) is 10.2 Å². The number of pyridine rings is 1. The van der Waals surface area contributed by atoms with Gasteiger partial charge in [0.15, 0.2) is 5.82 Å². The Morgan fingerprint density at radius 1 is 1.35 bits per heavy atom. The lowest BCUT2D eigenvalue weighted by Gasteiger charge is -2.38. The highest BCUT2D eigenvalue weighted by Crippen LogP contribution is 2.33. The highest BCUT2D eigenvalue weighted by molar-refractivity contribution is 5.66. The third-order valence-electron chi connectivity index (χ3n) is 5.34. The Balaban J connectivity index is 1.55. The normalized spacial score (nSPS) is 27.1. The van der Waals surface area contributed by atoms with Gasteiger partial charge in [0.2, 0.25) is 0 Å². The highest BCUT2D eigenvalue weighted by atomic mass is 19.1. The summed E-state index contributed by atoms with van der Waals surface area (Å²) in [5.74, 6) is 0.509. The van der Waals surface area contributed by atoms with Crippen molar-refractivity contribution < 1.29 is 9.50 Å². The summed E-state index contributed by atoms with van der Waals surface area (Å²) in [4.78, 5) is 5.79. The number of aromatic nitrogens is 3. The van der Waals surface area contributed by atoms with Crippen LogP contribution in [-0.2, 0) is 0 Å². The number of hydrogen-bond donors (Lipinski definition) is 2. The Morgan fingerprint density at radius 3 is 2.88 bits per heavy atom. The molecule has 2 fully saturated rings. The molecule has 2 N–H and O–H groups in total. The zero-order valence-electron chi connectivity index (χ0n) is 14.3. The number of nitrogens with one attached hydrogen (secondary N) is 1. The van der Waals surface area contributed by atoms with Gasteiger partial charge in [-0.3, -0.25) is 0 Å². The van der Waals surface area contributed by atoms with Gasteiger partial charge in [-0.05, 0) is 31.4 Å². The molecule has 4 heterocycles. The number of nitrogens with zero attached hydrogens (tertiary/aromatic N) is 5. The van der Waals surface area contributed by atoms with E-state index in [1.807, 2.05) is 18.0 Å². The van der Waals surface area contributed by atoms with E-state index in [-0.39, 0.29) is 23.5 Å². The fourth-order valence-corrected chi connectivity index (χ4v) is 3.88. The van der Waals surface area contributed by atoms with Crippen molar-refractivity contribution in [2.75, 3.05) is 11.9 Å². The molecule has 2 bridgehead atoms. The molecule has 134 valence electrons. The molecule has 0 aromatic carbocycles. The van der Waals surface area contributed by atoms with E-state index < -0.39 is 6.17 Å². The molecule has 7 nitrogen and oxygen atoms in total. The molecule has 2 aromatic heterocycles. The first-order chi connectivity index (χ1) is 12.6. The summed E-state index contributed by atoms with van der Waals surface area (Å²) in [5.41, 5.74) is 0.970. The van der Waals surface area contributed by atoms with Crippen LogP contribution < -0.4 is 10.2 Å². The van der Waals surface area contributed by atoms with E-state index in [2.05, 4.69) is 20.5 Å². The van der Waals surface area contributed by atoms with Crippen molar-refractivity contribution in [2.24, 2.45) is 0 Å². The van der Waals surface area contributed by atoms with Gasteiger partial charge in [0.1, 0.15) is 23.7 Å². The van der Waals surface area contributed by atoms with E-state index in [1.165, 1.54) is 12.3 Å². The van der Waals surface area contributed by atoms with E-state index in [1.54, 1.807) is 12.1 Å². The van der Waals surface area contributed by atoms with Crippen LogP contribution in [-0.4, -0.2) is 51.6 Å². The van der Waals surface area contributed by atoms with Gasteiger partial charge in [-0.15, -0.1) is 10.2 Å². The van der Waals surface area contributed by atoms with Crippen molar-refractivity contribution in [3.8, 4) is 23.1 Å². The van der Waals surface area contributed by atoms with Crippen molar-refractivity contribution in [2.45, 2.75) is 43.6 Å². The number of anilines is 1. The first-order valence-corrected chi connectivity index (χ1v) is 8.63. The van der Waals surface area contributed by atoms with Crippen LogP contribution in [0, 0.1) is 11.3 Å². The van der Waals surface area contributed by atoms with Gasteiger partial charge in [0, 0.05) is 31.4 Å². The van der Waals surface area contributed by atoms with Gasteiger partial charge < -0.3 is 15.3 Å². The molecule has 0 amide bonds. The molecular formula is C18H19FN6O. The number of piperidine rings is 1. The van der Waals surface area contributed by atoms with Gasteiger partial charge in [-0.1, -0.05) is 0 Å². The van der Waals surface area contributed by atoms with Crippen LogP contribution in [0.3, 0.4) is 0 Å². The minimum absolute atomic E-state index is 0.0740. The zero-order valence-corrected chi connectivity index (χ0v) is 14.3. The quantitative estimate of drug-likeness (QED) is 0.867. The monoisotopic (exact) mass is 354 g/mol. The van der Waals surface area contributed by atoms with E-state index in [0.717, 1.165) is 19.3 Å². The summed E-state index contributed by atoms with van der Waals surface area (Å²) in [6, 6.07) is 6.70. The topological polar surface area (TPSA) is 98.0 Å². The molecule has 4 rings (SSSR count). The van der Waals surface area contributed by atoms with Crippen LogP contribution in [0.5, 0.6) is 5.75 Å². The lowest BCUT2D eigenvalue weighted by molar-refractivity contribution is 0.176. The molecular weight excluding hydrogens is 335 g/mol. The smallest absolute Gasteiger partial charge is 0.151 e. The zero-order chi connectivity index (χ0) is 18.3. The molecule has 26 heavy (non-hydrogen) atoms. The predicted molar refractivity (Wildman–Crippen MR) is 93.3 cm³/mol. The fourth-order valence-electron chi connectivity index (χ4n) is 3.88. The maximum absolute atomic E-state index is 14.7. The van der Waals surface area contributed by atoms with Crippen molar-refractivity contribution >= 4 is 5.82 Å². The number of nitriles is 1. The average Bonchev–Trinajstić information content (AvgIpc) is 3.08. The van der Waals surface area contributed by atoms with E-state index in [4.69, 9.17) is 5.26 Å². The summed E-state index contributed by atoms with van der Waals surface area (Å²) in [6.45, 7) is 0. The number of halogens is 1. The van der Waals surface area contributed by atoms with Gasteiger partial charge in [0.05, 0.1) is 17.3 Å². The third kappa shape index (κ3) is 2.84. The maximum Gasteiger partial charge on any atom is 0.151 e. The molecule has 0 aliphatic carbocycles. The van der Waals surface area contributed by atoms with E-state index >= 15 is 0 Å². The lowest BCUT2D eigenvalue weighted by atomic mass is 9.96. The second kappa shape index (κ2) is 6.50. The largest absolute Gasteiger partial charge is 0.507 e. The third-order valence-corrected chi connectivity index (χ3v) is 5.34. The van der Waals surface area contributed by atoms with Gasteiger partial charge >= 0.3 is 0 Å². The summed E-state index contributed by atoms with van der Waals surface area (Å²) in [5, 5.41) is 30.5. The molecule has 2 unspecified atom stereocenters. The predicted octanol–water partition coefficient (Wildman–Crippen LogP) is 1.78. The molecule has 2 saturated heterocycles. The maximum atomic E-state index is 14.7. The Morgan fingerprint density at radius 2 is 2.19 bits per heavy atom. The van der Waals surface area contributed by atoms with Crippen molar-refractivity contribution in [3.05, 3.63) is 30.1 Å². The van der Waals surface area contributed by atoms with Crippen molar-refractivity contribution in [1.29, 1.82) is 5.26 Å². The molecule has 2 aliphatic rings. The van der Waals surface area contributed by atoms with Crippen LogP contribution >= 0.6 is 0 Å². The summed E-state index contributed by atoms with van der Waals surface area (Å²) < 4.78 is 14.7. The Labute approximate surface area is 150 Å². The number of aromatic hydroxyl groups is 1. The van der Waals surface area contributed by atoms with Gasteiger partial charge in [0.25, 0.3) is 0 Å². The highest BCUT2D eigenvalue weighted by Gasteiger charge is 2.43. The molecule has 2 aliphatic heterocycles. The van der Waals surface area contributed by atoms with Crippen LogP contribution in [0.2, 0.25) is 0 Å². The standard InChI is InChI=1S/C18H19FN6O/c1-25(15-6-10-2-3-14(22-10)18(15)19)17-5-4-13(23-24-17)12-9-21-11(8-20)7-16(12)26/h4-5,7,9-10,14-15,18,22H,2-3,6H2,1H3,(H,21,26)/t10?,14?,15-,18+/m1/s1.